The summed E-state index contributed by atoms with van der Waals surface area (Å²) < 4.78 is 0. The third kappa shape index (κ3) is 3.69. The van der Waals surface area contributed by atoms with E-state index >= 15 is 0 Å². The van der Waals surface area contributed by atoms with Gasteiger partial charge < -0.3 is 15.1 Å². The Balaban J connectivity index is 2.85. The number of carbonyl (C=O) groups excluding carboxylic acids is 1. The zero-order valence-corrected chi connectivity index (χ0v) is 12.0. The summed E-state index contributed by atoms with van der Waals surface area (Å²) >= 11 is 0. The van der Waals surface area contributed by atoms with E-state index in [9.17, 15) is 14.7 Å². The monoisotopic (exact) mass is 271 g/mol. The average Bonchev–Trinajstić information content (AvgIpc) is 2.79. The van der Waals surface area contributed by atoms with Crippen LogP contribution in [0.3, 0.4) is 0 Å². The highest BCUT2D eigenvalue weighted by atomic mass is 16.4. The molecule has 1 amide bonds. The molecule has 5 nitrogen and oxygen atoms in total. The number of carboxylic acid groups (broad SMARTS) is 1. The molecule has 0 spiro atoms. The fourth-order valence-electron chi connectivity index (χ4n) is 2.97. The van der Waals surface area contributed by atoms with Crippen LogP contribution in [0.15, 0.2) is 0 Å². The molecule has 1 rings (SSSR count). The number of hydrogen-bond donors (Lipinski definition) is 2. The number of hydrogen-bond acceptors (Lipinski definition) is 3. The maximum Gasteiger partial charge on any atom is 0.307 e. The van der Waals surface area contributed by atoms with Crippen LogP contribution in [0.2, 0.25) is 0 Å². The van der Waals surface area contributed by atoms with Gasteiger partial charge in [-0.05, 0) is 32.6 Å². The smallest absolute Gasteiger partial charge is 0.307 e. The van der Waals surface area contributed by atoms with E-state index in [0.717, 1.165) is 6.42 Å². The van der Waals surface area contributed by atoms with Gasteiger partial charge in [-0.1, -0.05) is 13.3 Å². The van der Waals surface area contributed by atoms with Crippen LogP contribution in [0.25, 0.3) is 0 Å². The molecule has 0 aromatic heterocycles. The molecular weight excluding hydrogens is 246 g/mol. The average molecular weight is 271 g/mol. The number of carbonyl (C=O) groups is 2. The molecule has 0 heterocycles. The lowest BCUT2D eigenvalue weighted by atomic mass is 9.94. The molecule has 5 heteroatoms. The Kier molecular flexibility index (Phi) is 5.79. The van der Waals surface area contributed by atoms with E-state index in [1.54, 1.807) is 4.90 Å². The summed E-state index contributed by atoms with van der Waals surface area (Å²) in [5.41, 5.74) is 0. The van der Waals surface area contributed by atoms with E-state index in [0.29, 0.717) is 18.8 Å². The maximum absolute atomic E-state index is 12.5. The largest absolute Gasteiger partial charge is 0.481 e. The maximum atomic E-state index is 12.5. The standard InChI is InChI=1S/C14H25NO4/c1-4-10-7-11(12(8-10)14(18)19)13(17)15(5-6-16)9(2)3/h9-12,16H,4-8H2,1-3H3,(H,18,19). The highest BCUT2D eigenvalue weighted by molar-refractivity contribution is 5.85. The van der Waals surface area contributed by atoms with Gasteiger partial charge in [-0.2, -0.15) is 0 Å². The molecule has 0 bridgehead atoms. The van der Waals surface area contributed by atoms with Crippen LogP contribution in [-0.4, -0.2) is 46.2 Å². The molecule has 0 saturated heterocycles. The summed E-state index contributed by atoms with van der Waals surface area (Å²) in [6.07, 6.45) is 2.16. The number of carboxylic acids is 1. The van der Waals surface area contributed by atoms with Gasteiger partial charge in [0.1, 0.15) is 0 Å². The van der Waals surface area contributed by atoms with Crippen LogP contribution in [0, 0.1) is 17.8 Å². The molecule has 0 aliphatic heterocycles. The first-order chi connectivity index (χ1) is 8.92. The van der Waals surface area contributed by atoms with E-state index in [4.69, 9.17) is 5.11 Å². The van der Waals surface area contributed by atoms with Gasteiger partial charge in [-0.25, -0.2) is 0 Å². The highest BCUT2D eigenvalue weighted by Crippen LogP contribution is 2.39. The number of nitrogens with zero attached hydrogens (tertiary/aromatic N) is 1. The summed E-state index contributed by atoms with van der Waals surface area (Å²) in [5, 5.41) is 18.3. The van der Waals surface area contributed by atoms with Crippen molar-refractivity contribution in [3.63, 3.8) is 0 Å². The quantitative estimate of drug-likeness (QED) is 0.764. The Morgan fingerprint density at radius 2 is 1.84 bits per heavy atom. The zero-order valence-electron chi connectivity index (χ0n) is 12.0. The lowest BCUT2D eigenvalue weighted by molar-refractivity contribution is -0.150. The van der Waals surface area contributed by atoms with E-state index in [2.05, 4.69) is 0 Å². The second kappa shape index (κ2) is 6.89. The van der Waals surface area contributed by atoms with Gasteiger partial charge >= 0.3 is 5.97 Å². The lowest BCUT2D eigenvalue weighted by Crippen LogP contribution is -2.44. The number of aliphatic carboxylic acids is 1. The predicted molar refractivity (Wildman–Crippen MR) is 71.6 cm³/mol. The Morgan fingerprint density at radius 1 is 1.26 bits per heavy atom. The topological polar surface area (TPSA) is 77.8 Å². The number of aliphatic hydroxyl groups excluding tert-OH is 1. The molecule has 3 atom stereocenters. The first kappa shape index (κ1) is 16.0. The summed E-state index contributed by atoms with van der Waals surface area (Å²) in [5.74, 6) is -1.68. The molecule has 110 valence electrons. The molecule has 1 aliphatic rings. The summed E-state index contributed by atoms with van der Waals surface area (Å²) in [6.45, 7) is 5.98. The summed E-state index contributed by atoms with van der Waals surface area (Å²) in [7, 11) is 0. The van der Waals surface area contributed by atoms with Gasteiger partial charge in [-0.15, -0.1) is 0 Å². The van der Waals surface area contributed by atoms with Crippen molar-refractivity contribution >= 4 is 11.9 Å². The van der Waals surface area contributed by atoms with Crippen molar-refractivity contribution in [3.8, 4) is 0 Å². The van der Waals surface area contributed by atoms with Crippen LogP contribution in [0.1, 0.15) is 40.0 Å². The van der Waals surface area contributed by atoms with Gasteiger partial charge in [0.15, 0.2) is 0 Å². The van der Waals surface area contributed by atoms with Crippen LogP contribution < -0.4 is 0 Å². The van der Waals surface area contributed by atoms with Gasteiger partial charge in [0.2, 0.25) is 5.91 Å². The minimum atomic E-state index is -0.873. The molecule has 0 radical (unpaired) electrons. The van der Waals surface area contributed by atoms with E-state index < -0.39 is 17.8 Å². The van der Waals surface area contributed by atoms with Crippen LogP contribution in [0.4, 0.5) is 0 Å². The predicted octanol–water partition coefficient (Wildman–Crippen LogP) is 1.35. The fourth-order valence-corrected chi connectivity index (χ4v) is 2.97. The van der Waals surface area contributed by atoms with Crippen molar-refractivity contribution in [2.45, 2.75) is 46.1 Å². The molecular formula is C14H25NO4. The van der Waals surface area contributed by atoms with Crippen LogP contribution >= 0.6 is 0 Å². The molecule has 1 aliphatic carbocycles. The van der Waals surface area contributed by atoms with Crippen molar-refractivity contribution in [1.82, 2.24) is 4.90 Å². The summed E-state index contributed by atoms with van der Waals surface area (Å²) in [4.78, 5) is 25.4. The Labute approximate surface area is 114 Å². The number of rotatable bonds is 6. The van der Waals surface area contributed by atoms with Crippen molar-refractivity contribution in [1.29, 1.82) is 0 Å². The fraction of sp³-hybridized carbons (Fsp3) is 0.857. The van der Waals surface area contributed by atoms with Crippen molar-refractivity contribution in [2.24, 2.45) is 17.8 Å². The first-order valence-corrected chi connectivity index (χ1v) is 7.06. The molecule has 2 N–H and O–H groups in total. The molecule has 1 fully saturated rings. The molecule has 19 heavy (non-hydrogen) atoms. The second-order valence-corrected chi connectivity index (χ2v) is 5.65. The highest BCUT2D eigenvalue weighted by Gasteiger charge is 2.43. The minimum absolute atomic E-state index is 0.0187. The first-order valence-electron chi connectivity index (χ1n) is 7.06. The second-order valence-electron chi connectivity index (χ2n) is 5.65. The zero-order chi connectivity index (χ0) is 14.6. The normalized spacial score (nSPS) is 26.7. The minimum Gasteiger partial charge on any atom is -0.481 e. The van der Waals surface area contributed by atoms with E-state index in [1.165, 1.54) is 0 Å². The van der Waals surface area contributed by atoms with E-state index in [-0.39, 0.29) is 25.1 Å². The van der Waals surface area contributed by atoms with E-state index in [1.807, 2.05) is 20.8 Å². The Bertz CT molecular complexity index is 329. The molecule has 3 unspecified atom stereocenters. The molecule has 0 aromatic carbocycles. The SMILES string of the molecule is CCC1CC(C(=O)O)C(C(=O)N(CCO)C(C)C)C1. The number of aliphatic hydroxyl groups is 1. The van der Waals surface area contributed by atoms with Gasteiger partial charge in [-0.3, -0.25) is 9.59 Å². The van der Waals surface area contributed by atoms with Crippen LogP contribution in [-0.2, 0) is 9.59 Å². The molecule has 0 aromatic rings. The van der Waals surface area contributed by atoms with Crippen molar-refractivity contribution < 1.29 is 19.8 Å². The Morgan fingerprint density at radius 3 is 2.26 bits per heavy atom. The Hall–Kier alpha value is -1.10. The van der Waals surface area contributed by atoms with Gasteiger partial charge in [0.25, 0.3) is 0 Å². The van der Waals surface area contributed by atoms with Crippen LogP contribution in [0.5, 0.6) is 0 Å². The van der Waals surface area contributed by atoms with Crippen molar-refractivity contribution in [3.05, 3.63) is 0 Å². The van der Waals surface area contributed by atoms with Crippen molar-refractivity contribution in [2.75, 3.05) is 13.2 Å². The number of amides is 1. The van der Waals surface area contributed by atoms with Gasteiger partial charge in [0, 0.05) is 12.6 Å². The third-order valence-corrected chi connectivity index (χ3v) is 4.12. The molecule has 1 saturated carbocycles. The van der Waals surface area contributed by atoms with Gasteiger partial charge in [0.05, 0.1) is 18.4 Å². The summed E-state index contributed by atoms with van der Waals surface area (Å²) in [6, 6.07) is -0.0187. The lowest BCUT2D eigenvalue weighted by Gasteiger charge is -2.30. The third-order valence-electron chi connectivity index (χ3n) is 4.12.